The van der Waals surface area contributed by atoms with Crippen LogP contribution in [0.2, 0.25) is 0 Å². The van der Waals surface area contributed by atoms with Crippen molar-refractivity contribution < 1.29 is 4.74 Å². The average Bonchev–Trinajstić information content (AvgIpc) is 3.36. The van der Waals surface area contributed by atoms with Crippen LogP contribution in [-0.2, 0) is 11.3 Å². The SMILES string of the molecule is CN(C)Cc1nc(NC2CCCC3OCCC23)c2c(-c3ccccc3)csc2n1. The number of benzene rings is 1. The molecule has 2 aromatic heterocycles. The lowest BCUT2D eigenvalue weighted by Crippen LogP contribution is -2.38. The summed E-state index contributed by atoms with van der Waals surface area (Å²) >= 11 is 1.71. The van der Waals surface area contributed by atoms with Gasteiger partial charge < -0.3 is 15.0 Å². The number of hydrogen-bond donors (Lipinski definition) is 1. The maximum absolute atomic E-state index is 5.99. The Morgan fingerprint density at radius 2 is 2.00 bits per heavy atom. The molecule has 1 aliphatic carbocycles. The average molecular weight is 409 g/mol. The number of rotatable bonds is 5. The van der Waals surface area contributed by atoms with Crippen molar-refractivity contribution in [3.05, 3.63) is 41.5 Å². The van der Waals surface area contributed by atoms with Crippen LogP contribution in [0, 0.1) is 5.92 Å². The zero-order valence-corrected chi connectivity index (χ0v) is 17.9. The van der Waals surface area contributed by atoms with E-state index in [2.05, 4.69) is 60.0 Å². The molecule has 6 heteroatoms. The van der Waals surface area contributed by atoms with Crippen LogP contribution >= 0.6 is 11.3 Å². The maximum Gasteiger partial charge on any atom is 0.146 e. The topological polar surface area (TPSA) is 50.3 Å². The third-order valence-electron chi connectivity index (χ3n) is 6.13. The van der Waals surface area contributed by atoms with Gasteiger partial charge in [-0.05, 0) is 45.3 Å². The van der Waals surface area contributed by atoms with Crippen LogP contribution in [0.5, 0.6) is 0 Å². The van der Waals surface area contributed by atoms with Gasteiger partial charge in [-0.25, -0.2) is 9.97 Å². The molecule has 0 spiro atoms. The highest BCUT2D eigenvalue weighted by molar-refractivity contribution is 7.17. The van der Waals surface area contributed by atoms with Crippen molar-refractivity contribution in [1.82, 2.24) is 14.9 Å². The standard InChI is InChI=1S/C23H28N4OS/c1-27(2)13-20-25-22(24-18-9-6-10-19-16(18)11-12-28-19)21-17(14-29-23(21)26-20)15-7-4-3-5-8-15/h3-5,7-8,14,16,18-19H,6,9-13H2,1-2H3,(H,24,25,26). The molecule has 3 aromatic rings. The molecule has 1 N–H and O–H groups in total. The van der Waals surface area contributed by atoms with Gasteiger partial charge in [-0.3, -0.25) is 0 Å². The van der Waals surface area contributed by atoms with E-state index >= 15 is 0 Å². The summed E-state index contributed by atoms with van der Waals surface area (Å²) in [6.07, 6.45) is 5.16. The summed E-state index contributed by atoms with van der Waals surface area (Å²) in [4.78, 5) is 13.1. The minimum Gasteiger partial charge on any atom is -0.378 e. The van der Waals surface area contributed by atoms with E-state index in [4.69, 9.17) is 14.7 Å². The van der Waals surface area contributed by atoms with Gasteiger partial charge in [0.15, 0.2) is 0 Å². The Morgan fingerprint density at radius 1 is 1.14 bits per heavy atom. The first-order chi connectivity index (χ1) is 14.2. The van der Waals surface area contributed by atoms with Crippen LogP contribution in [-0.4, -0.2) is 47.7 Å². The van der Waals surface area contributed by atoms with E-state index in [9.17, 15) is 0 Å². The van der Waals surface area contributed by atoms with Gasteiger partial charge in [0.05, 0.1) is 18.0 Å². The van der Waals surface area contributed by atoms with Crippen LogP contribution in [0.25, 0.3) is 21.3 Å². The van der Waals surface area contributed by atoms with Gasteiger partial charge in [-0.15, -0.1) is 11.3 Å². The zero-order valence-electron chi connectivity index (χ0n) is 17.1. The maximum atomic E-state index is 5.99. The number of nitrogens with one attached hydrogen (secondary N) is 1. The van der Waals surface area contributed by atoms with E-state index in [1.165, 1.54) is 30.4 Å². The fourth-order valence-electron chi connectivity index (χ4n) is 4.80. The van der Waals surface area contributed by atoms with Gasteiger partial charge in [0.2, 0.25) is 0 Å². The number of thiophene rings is 1. The van der Waals surface area contributed by atoms with Crippen LogP contribution in [0.1, 0.15) is 31.5 Å². The van der Waals surface area contributed by atoms with Crippen molar-refractivity contribution in [2.45, 2.75) is 44.4 Å². The number of hydrogen-bond acceptors (Lipinski definition) is 6. The van der Waals surface area contributed by atoms with E-state index in [0.29, 0.717) is 18.1 Å². The van der Waals surface area contributed by atoms with Gasteiger partial charge in [0.1, 0.15) is 16.5 Å². The monoisotopic (exact) mass is 408 g/mol. The molecule has 29 heavy (non-hydrogen) atoms. The predicted molar refractivity (Wildman–Crippen MR) is 119 cm³/mol. The quantitative estimate of drug-likeness (QED) is 0.658. The Hall–Kier alpha value is -2.02. The molecule has 1 aromatic carbocycles. The van der Waals surface area contributed by atoms with Crippen molar-refractivity contribution in [1.29, 1.82) is 0 Å². The van der Waals surface area contributed by atoms with E-state index in [-0.39, 0.29) is 0 Å². The summed E-state index contributed by atoms with van der Waals surface area (Å²) in [5.74, 6) is 2.45. The first-order valence-corrected chi connectivity index (χ1v) is 11.4. The van der Waals surface area contributed by atoms with Crippen molar-refractivity contribution in [2.75, 3.05) is 26.0 Å². The minimum atomic E-state index is 0.413. The summed E-state index contributed by atoms with van der Waals surface area (Å²) < 4.78 is 5.99. The lowest BCUT2D eigenvalue weighted by molar-refractivity contribution is 0.0620. The number of anilines is 1. The number of ether oxygens (including phenoxy) is 1. The highest BCUT2D eigenvalue weighted by Crippen LogP contribution is 2.40. The predicted octanol–water partition coefficient (Wildman–Crippen LogP) is 4.79. The van der Waals surface area contributed by atoms with Gasteiger partial charge in [-0.2, -0.15) is 0 Å². The van der Waals surface area contributed by atoms with Crippen LogP contribution in [0.4, 0.5) is 5.82 Å². The second-order valence-electron chi connectivity index (χ2n) is 8.47. The molecule has 0 radical (unpaired) electrons. The fraction of sp³-hybridized carbons (Fsp3) is 0.478. The molecule has 1 aliphatic heterocycles. The molecule has 152 valence electrons. The third-order valence-corrected chi connectivity index (χ3v) is 7.00. The second-order valence-corrected chi connectivity index (χ2v) is 9.32. The Kier molecular flexibility index (Phi) is 5.24. The molecule has 1 saturated carbocycles. The lowest BCUT2D eigenvalue weighted by Gasteiger charge is -2.33. The second kappa shape index (κ2) is 8.01. The highest BCUT2D eigenvalue weighted by Gasteiger charge is 2.38. The number of aromatic nitrogens is 2. The molecule has 1 saturated heterocycles. The first-order valence-electron chi connectivity index (χ1n) is 10.6. The molecule has 0 bridgehead atoms. The Bertz CT molecular complexity index is 987. The Morgan fingerprint density at radius 3 is 2.83 bits per heavy atom. The summed E-state index contributed by atoms with van der Waals surface area (Å²) in [5, 5.41) is 7.24. The molecular formula is C23H28N4OS. The number of nitrogens with zero attached hydrogens (tertiary/aromatic N) is 3. The fourth-order valence-corrected chi connectivity index (χ4v) is 5.77. The van der Waals surface area contributed by atoms with Crippen LogP contribution < -0.4 is 5.32 Å². The molecule has 2 fully saturated rings. The molecule has 5 nitrogen and oxygen atoms in total. The van der Waals surface area contributed by atoms with Crippen molar-refractivity contribution in [3.8, 4) is 11.1 Å². The van der Waals surface area contributed by atoms with Crippen LogP contribution in [0.15, 0.2) is 35.7 Å². The summed E-state index contributed by atoms with van der Waals surface area (Å²) in [6.45, 7) is 1.63. The van der Waals surface area contributed by atoms with Gasteiger partial charge in [0.25, 0.3) is 0 Å². The van der Waals surface area contributed by atoms with E-state index in [1.807, 2.05) is 0 Å². The molecule has 3 unspecified atom stereocenters. The number of fused-ring (bicyclic) bond motifs is 2. The summed E-state index contributed by atoms with van der Waals surface area (Å²) in [5.41, 5.74) is 2.44. The molecule has 0 amide bonds. The van der Waals surface area contributed by atoms with Gasteiger partial charge in [-0.1, -0.05) is 30.3 Å². The molecule has 3 atom stereocenters. The molecular weight excluding hydrogens is 380 g/mol. The van der Waals surface area contributed by atoms with Crippen molar-refractivity contribution >= 4 is 27.4 Å². The lowest BCUT2D eigenvalue weighted by atomic mass is 9.82. The van der Waals surface area contributed by atoms with Crippen molar-refractivity contribution in [3.63, 3.8) is 0 Å². The first kappa shape index (κ1) is 19.0. The Labute approximate surface area is 176 Å². The van der Waals surface area contributed by atoms with Crippen molar-refractivity contribution in [2.24, 2.45) is 5.92 Å². The zero-order chi connectivity index (χ0) is 19.8. The Balaban J connectivity index is 1.58. The van der Waals surface area contributed by atoms with Crippen LogP contribution in [0.3, 0.4) is 0 Å². The smallest absolute Gasteiger partial charge is 0.146 e. The van der Waals surface area contributed by atoms with E-state index in [0.717, 1.165) is 41.4 Å². The van der Waals surface area contributed by atoms with E-state index < -0.39 is 0 Å². The van der Waals surface area contributed by atoms with Gasteiger partial charge in [0, 0.05) is 29.5 Å². The summed E-state index contributed by atoms with van der Waals surface area (Å²) in [6, 6.07) is 11.0. The third kappa shape index (κ3) is 3.77. The molecule has 3 heterocycles. The molecule has 2 aliphatic rings. The minimum absolute atomic E-state index is 0.413. The largest absolute Gasteiger partial charge is 0.378 e. The van der Waals surface area contributed by atoms with E-state index in [1.54, 1.807) is 11.3 Å². The highest BCUT2D eigenvalue weighted by atomic mass is 32.1. The summed E-state index contributed by atoms with van der Waals surface area (Å²) in [7, 11) is 4.12. The van der Waals surface area contributed by atoms with Gasteiger partial charge >= 0.3 is 0 Å². The normalized spacial score (nSPS) is 24.2. The molecule has 5 rings (SSSR count).